The van der Waals surface area contributed by atoms with E-state index in [1.165, 1.54) is 43.2 Å². The highest BCUT2D eigenvalue weighted by atomic mass is 32.2. The first-order chi connectivity index (χ1) is 17.6. The molecule has 3 aromatic rings. The standard InChI is InChI=1S/C30H32N2O3S/c1-32(26-15-11-25(12-16-26)29(33)34)30-31-28(20-36-30)24-13-17-27(18-14-24)35-19-21-7-9-23(10-8-21)22-5-3-2-4-6-22/h7-18,20,22,30-31H,2-6,19H2,1H3,(H,33,34). The van der Waals surface area contributed by atoms with Crippen LogP contribution in [0.5, 0.6) is 5.75 Å². The average Bonchev–Trinajstić information content (AvgIpc) is 3.43. The largest absolute Gasteiger partial charge is 0.489 e. The van der Waals surface area contributed by atoms with Gasteiger partial charge in [0, 0.05) is 12.7 Å². The molecule has 6 heteroatoms. The second-order valence-electron chi connectivity index (χ2n) is 9.52. The number of nitrogens with zero attached hydrogens (tertiary/aromatic N) is 1. The molecule has 0 amide bonds. The number of hydrogen-bond donors (Lipinski definition) is 2. The van der Waals surface area contributed by atoms with Crippen molar-refractivity contribution in [2.75, 3.05) is 11.9 Å². The van der Waals surface area contributed by atoms with Gasteiger partial charge in [-0.25, -0.2) is 4.79 Å². The van der Waals surface area contributed by atoms with Crippen molar-refractivity contribution in [3.8, 4) is 5.75 Å². The third-order valence-electron chi connectivity index (χ3n) is 7.09. The number of carbonyl (C=O) groups is 1. The van der Waals surface area contributed by atoms with Gasteiger partial charge in [-0.15, -0.1) is 0 Å². The molecule has 0 radical (unpaired) electrons. The van der Waals surface area contributed by atoms with Crippen LogP contribution in [0, 0.1) is 0 Å². The van der Waals surface area contributed by atoms with Gasteiger partial charge in [0.25, 0.3) is 0 Å². The van der Waals surface area contributed by atoms with Crippen molar-refractivity contribution in [3.63, 3.8) is 0 Å². The first kappa shape index (κ1) is 24.3. The monoisotopic (exact) mass is 500 g/mol. The normalized spacial score (nSPS) is 17.8. The van der Waals surface area contributed by atoms with Crippen LogP contribution in [-0.4, -0.2) is 23.6 Å². The number of carboxylic acid groups (broad SMARTS) is 1. The number of carboxylic acids is 1. The first-order valence-electron chi connectivity index (χ1n) is 12.6. The Morgan fingerprint density at radius 1 is 0.972 bits per heavy atom. The number of nitrogens with one attached hydrogen (secondary N) is 1. The van der Waals surface area contributed by atoms with Crippen LogP contribution in [0.3, 0.4) is 0 Å². The predicted molar refractivity (Wildman–Crippen MR) is 147 cm³/mol. The fourth-order valence-electron chi connectivity index (χ4n) is 4.87. The maximum Gasteiger partial charge on any atom is 0.335 e. The van der Waals surface area contributed by atoms with Crippen LogP contribution in [-0.2, 0) is 6.61 Å². The van der Waals surface area contributed by atoms with Gasteiger partial charge in [0.2, 0.25) is 0 Å². The summed E-state index contributed by atoms with van der Waals surface area (Å²) in [6, 6.07) is 24.1. The molecule has 1 fully saturated rings. The molecule has 0 aromatic heterocycles. The molecule has 1 atom stereocenters. The number of aromatic carboxylic acids is 1. The van der Waals surface area contributed by atoms with Gasteiger partial charge in [-0.05, 0) is 89.4 Å². The Morgan fingerprint density at radius 2 is 1.67 bits per heavy atom. The third-order valence-corrected chi connectivity index (χ3v) is 8.16. The van der Waals surface area contributed by atoms with Gasteiger partial charge in [0.1, 0.15) is 12.4 Å². The Kier molecular flexibility index (Phi) is 7.52. The molecule has 1 unspecified atom stereocenters. The summed E-state index contributed by atoms with van der Waals surface area (Å²) in [7, 11) is 2.00. The summed E-state index contributed by atoms with van der Waals surface area (Å²) in [4.78, 5) is 13.2. The number of hydrogen-bond acceptors (Lipinski definition) is 5. The second kappa shape index (κ2) is 11.1. The third kappa shape index (κ3) is 5.71. The topological polar surface area (TPSA) is 61.8 Å². The lowest BCUT2D eigenvalue weighted by Gasteiger charge is -2.27. The van der Waals surface area contributed by atoms with E-state index in [1.807, 2.05) is 31.3 Å². The number of thioether (sulfide) groups is 1. The van der Waals surface area contributed by atoms with Crippen LogP contribution >= 0.6 is 11.8 Å². The summed E-state index contributed by atoms with van der Waals surface area (Å²) < 4.78 is 6.04. The summed E-state index contributed by atoms with van der Waals surface area (Å²) in [5, 5.41) is 14.8. The number of anilines is 1. The smallest absolute Gasteiger partial charge is 0.335 e. The summed E-state index contributed by atoms with van der Waals surface area (Å²) in [6.45, 7) is 0.564. The van der Waals surface area contributed by atoms with Crippen LogP contribution in [0.2, 0.25) is 0 Å². The lowest BCUT2D eigenvalue weighted by molar-refractivity contribution is 0.0697. The molecule has 0 bridgehead atoms. The van der Waals surface area contributed by atoms with E-state index in [4.69, 9.17) is 9.84 Å². The zero-order valence-electron chi connectivity index (χ0n) is 20.5. The first-order valence-corrected chi connectivity index (χ1v) is 13.5. The molecule has 1 heterocycles. The Morgan fingerprint density at radius 3 is 2.33 bits per heavy atom. The molecule has 2 N–H and O–H groups in total. The minimum Gasteiger partial charge on any atom is -0.489 e. The van der Waals surface area contributed by atoms with Crippen LogP contribution in [0.1, 0.15) is 65.1 Å². The van der Waals surface area contributed by atoms with Crippen molar-refractivity contribution in [1.82, 2.24) is 5.32 Å². The van der Waals surface area contributed by atoms with Crippen molar-refractivity contribution in [2.24, 2.45) is 0 Å². The van der Waals surface area contributed by atoms with E-state index in [1.54, 1.807) is 23.9 Å². The van der Waals surface area contributed by atoms with E-state index in [2.05, 4.69) is 52.0 Å². The molecule has 1 aliphatic carbocycles. The lowest BCUT2D eigenvalue weighted by Crippen LogP contribution is -2.37. The molecular formula is C30H32N2O3S. The van der Waals surface area contributed by atoms with Crippen LogP contribution in [0.15, 0.2) is 78.2 Å². The molecule has 1 saturated carbocycles. The maximum absolute atomic E-state index is 11.1. The predicted octanol–water partition coefficient (Wildman–Crippen LogP) is 7.07. The highest BCUT2D eigenvalue weighted by molar-refractivity contribution is 8.03. The van der Waals surface area contributed by atoms with Gasteiger partial charge < -0.3 is 20.1 Å². The highest BCUT2D eigenvalue weighted by Gasteiger charge is 2.22. The van der Waals surface area contributed by atoms with E-state index in [-0.39, 0.29) is 11.1 Å². The highest BCUT2D eigenvalue weighted by Crippen LogP contribution is 2.33. The number of rotatable bonds is 8. The zero-order chi connectivity index (χ0) is 24.9. The SMILES string of the molecule is CN(c1ccc(C(=O)O)cc1)C1NC(c2ccc(OCc3ccc(C4CCCCC4)cc3)cc2)=CS1. The second-order valence-corrected chi connectivity index (χ2v) is 10.5. The fraction of sp³-hybridized carbons (Fsp3) is 0.300. The molecule has 3 aromatic carbocycles. The van der Waals surface area contributed by atoms with Crippen LogP contribution < -0.4 is 15.0 Å². The maximum atomic E-state index is 11.1. The van der Waals surface area contributed by atoms with E-state index in [9.17, 15) is 4.79 Å². The van der Waals surface area contributed by atoms with Gasteiger partial charge in [0.15, 0.2) is 5.50 Å². The van der Waals surface area contributed by atoms with E-state index in [0.717, 1.165) is 28.6 Å². The zero-order valence-corrected chi connectivity index (χ0v) is 21.3. The minimum absolute atomic E-state index is 0.0307. The number of benzene rings is 3. The van der Waals surface area contributed by atoms with Crippen molar-refractivity contribution < 1.29 is 14.6 Å². The molecule has 5 nitrogen and oxygen atoms in total. The van der Waals surface area contributed by atoms with Crippen molar-refractivity contribution in [1.29, 1.82) is 0 Å². The van der Waals surface area contributed by atoms with Gasteiger partial charge in [0.05, 0.1) is 11.3 Å². The van der Waals surface area contributed by atoms with Gasteiger partial charge in [-0.2, -0.15) is 0 Å². The van der Waals surface area contributed by atoms with Gasteiger partial charge >= 0.3 is 5.97 Å². The van der Waals surface area contributed by atoms with Gasteiger partial charge in [-0.1, -0.05) is 55.3 Å². The molecule has 2 aliphatic rings. The fourth-order valence-corrected chi connectivity index (χ4v) is 5.84. The Labute approximate surface area is 217 Å². The molecular weight excluding hydrogens is 468 g/mol. The van der Waals surface area contributed by atoms with E-state index in [0.29, 0.717) is 6.61 Å². The summed E-state index contributed by atoms with van der Waals surface area (Å²) in [6.07, 6.45) is 6.74. The van der Waals surface area contributed by atoms with Crippen molar-refractivity contribution in [3.05, 3.63) is 100 Å². The van der Waals surface area contributed by atoms with Crippen molar-refractivity contribution in [2.45, 2.75) is 50.1 Å². The summed E-state index contributed by atoms with van der Waals surface area (Å²) in [5.41, 5.74) is 6.10. The van der Waals surface area contributed by atoms with Gasteiger partial charge in [-0.3, -0.25) is 0 Å². The molecule has 186 valence electrons. The molecule has 0 saturated heterocycles. The minimum atomic E-state index is -0.915. The Hall–Kier alpha value is -3.38. The molecule has 36 heavy (non-hydrogen) atoms. The Balaban J connectivity index is 1.13. The van der Waals surface area contributed by atoms with Crippen LogP contribution in [0.4, 0.5) is 5.69 Å². The summed E-state index contributed by atoms with van der Waals surface area (Å²) >= 11 is 1.69. The molecule has 5 rings (SSSR count). The van der Waals surface area contributed by atoms with Crippen molar-refractivity contribution >= 4 is 29.1 Å². The lowest BCUT2D eigenvalue weighted by atomic mass is 9.84. The van der Waals surface area contributed by atoms with E-state index >= 15 is 0 Å². The number of ether oxygens (including phenoxy) is 1. The van der Waals surface area contributed by atoms with Crippen LogP contribution in [0.25, 0.3) is 5.70 Å². The molecule has 1 aliphatic heterocycles. The average molecular weight is 501 g/mol. The molecule has 0 spiro atoms. The Bertz CT molecular complexity index is 1200. The quantitative estimate of drug-likeness (QED) is 0.345. The summed E-state index contributed by atoms with van der Waals surface area (Å²) in [5.74, 6) is 0.671. The van der Waals surface area contributed by atoms with E-state index < -0.39 is 5.97 Å².